The summed E-state index contributed by atoms with van der Waals surface area (Å²) in [5.74, 6) is 0. The van der Waals surface area contributed by atoms with E-state index in [-0.39, 0.29) is 6.03 Å². The molecule has 15 heavy (non-hydrogen) atoms. The third-order valence-corrected chi connectivity index (χ3v) is 2.78. The van der Waals surface area contributed by atoms with E-state index in [1.807, 2.05) is 0 Å². The van der Waals surface area contributed by atoms with Crippen molar-refractivity contribution in [2.45, 2.75) is 70.9 Å². The van der Waals surface area contributed by atoms with Gasteiger partial charge in [0.05, 0.1) is 0 Å². The van der Waals surface area contributed by atoms with Crippen LogP contribution in [-0.2, 0) is 0 Å². The van der Waals surface area contributed by atoms with Gasteiger partial charge in [-0.3, -0.25) is 0 Å². The summed E-state index contributed by atoms with van der Waals surface area (Å²) in [6.45, 7) is 4.29. The van der Waals surface area contributed by atoms with Gasteiger partial charge in [0.1, 0.15) is 0 Å². The molecule has 3 heteroatoms. The lowest BCUT2D eigenvalue weighted by Gasteiger charge is -2.14. The molecule has 0 radical (unpaired) electrons. The van der Waals surface area contributed by atoms with E-state index in [9.17, 15) is 4.79 Å². The predicted molar refractivity (Wildman–Crippen MR) is 62.9 cm³/mol. The fourth-order valence-electron chi connectivity index (χ4n) is 1.63. The lowest BCUT2D eigenvalue weighted by Crippen LogP contribution is -2.41. The number of nitrogens with one attached hydrogen (secondary N) is 2. The largest absolute Gasteiger partial charge is 0.336 e. The summed E-state index contributed by atoms with van der Waals surface area (Å²) in [5, 5.41) is 5.91. The monoisotopic (exact) mass is 212 g/mol. The highest BCUT2D eigenvalue weighted by molar-refractivity contribution is 5.74. The van der Waals surface area contributed by atoms with Crippen molar-refractivity contribution in [3.63, 3.8) is 0 Å². The van der Waals surface area contributed by atoms with Crippen LogP contribution in [0, 0.1) is 0 Å². The number of urea groups is 1. The maximum atomic E-state index is 11.4. The molecule has 1 saturated carbocycles. The third-order valence-electron chi connectivity index (χ3n) is 2.78. The number of rotatable bonds is 7. The minimum absolute atomic E-state index is 0.0143. The van der Waals surface area contributed by atoms with Gasteiger partial charge in [-0.05, 0) is 26.2 Å². The van der Waals surface area contributed by atoms with Crippen molar-refractivity contribution < 1.29 is 4.79 Å². The second-order valence-corrected chi connectivity index (χ2v) is 4.64. The Morgan fingerprint density at radius 3 is 2.67 bits per heavy atom. The highest BCUT2D eigenvalue weighted by Gasteiger charge is 2.23. The first-order valence-corrected chi connectivity index (χ1v) is 6.29. The summed E-state index contributed by atoms with van der Waals surface area (Å²) in [4.78, 5) is 11.4. The second kappa shape index (κ2) is 6.70. The van der Waals surface area contributed by atoms with Crippen LogP contribution in [-0.4, -0.2) is 18.1 Å². The van der Waals surface area contributed by atoms with E-state index in [4.69, 9.17) is 0 Å². The molecule has 0 aromatic carbocycles. The van der Waals surface area contributed by atoms with Crippen LogP contribution >= 0.6 is 0 Å². The standard InChI is InChI=1S/C12H24N2O/c1-3-4-5-6-7-10(2)13-12(15)14-11-8-9-11/h10-11H,3-9H2,1-2H3,(H2,13,14,15)/t10-/m1/s1. The molecule has 1 aliphatic rings. The molecule has 1 aliphatic carbocycles. The molecule has 0 unspecified atom stereocenters. The molecule has 3 nitrogen and oxygen atoms in total. The molecule has 1 fully saturated rings. The van der Waals surface area contributed by atoms with Gasteiger partial charge in [-0.2, -0.15) is 0 Å². The molecule has 1 rings (SSSR count). The number of carbonyl (C=O) groups is 1. The Balaban J connectivity index is 1.96. The van der Waals surface area contributed by atoms with Crippen molar-refractivity contribution in [3.05, 3.63) is 0 Å². The first-order valence-electron chi connectivity index (χ1n) is 6.29. The molecule has 2 amide bonds. The van der Waals surface area contributed by atoms with Gasteiger partial charge in [-0.1, -0.05) is 32.6 Å². The van der Waals surface area contributed by atoms with E-state index in [1.165, 1.54) is 25.7 Å². The van der Waals surface area contributed by atoms with Crippen LogP contribution in [0.1, 0.15) is 58.8 Å². The molecule has 0 aromatic rings. The van der Waals surface area contributed by atoms with Gasteiger partial charge in [0.2, 0.25) is 0 Å². The fourth-order valence-corrected chi connectivity index (χ4v) is 1.63. The highest BCUT2D eigenvalue weighted by atomic mass is 16.2. The molecule has 1 atom stereocenters. The molecule has 0 saturated heterocycles. The maximum Gasteiger partial charge on any atom is 0.315 e. The molecule has 0 heterocycles. The van der Waals surface area contributed by atoms with E-state index in [1.54, 1.807) is 0 Å². The molecular formula is C12H24N2O. The Hall–Kier alpha value is -0.730. The zero-order valence-corrected chi connectivity index (χ0v) is 10.0. The first kappa shape index (κ1) is 12.3. The van der Waals surface area contributed by atoms with Crippen molar-refractivity contribution >= 4 is 6.03 Å². The zero-order valence-electron chi connectivity index (χ0n) is 10.0. The van der Waals surface area contributed by atoms with Crippen LogP contribution in [0.15, 0.2) is 0 Å². The Bertz CT molecular complexity index is 190. The van der Waals surface area contributed by atoms with E-state index < -0.39 is 0 Å². The number of unbranched alkanes of at least 4 members (excludes halogenated alkanes) is 3. The summed E-state index contributed by atoms with van der Waals surface area (Å²) < 4.78 is 0. The quantitative estimate of drug-likeness (QED) is 0.626. The summed E-state index contributed by atoms with van der Waals surface area (Å²) in [6, 6.07) is 0.776. The Morgan fingerprint density at radius 1 is 1.33 bits per heavy atom. The van der Waals surface area contributed by atoms with Gasteiger partial charge in [0, 0.05) is 12.1 Å². The minimum Gasteiger partial charge on any atom is -0.336 e. The normalized spacial score (nSPS) is 17.2. The summed E-state index contributed by atoms with van der Waals surface area (Å²) in [6.07, 6.45) is 8.48. The zero-order chi connectivity index (χ0) is 11.1. The smallest absolute Gasteiger partial charge is 0.315 e. The van der Waals surface area contributed by atoms with Crippen molar-refractivity contribution in [1.82, 2.24) is 10.6 Å². The molecular weight excluding hydrogens is 188 g/mol. The van der Waals surface area contributed by atoms with Crippen LogP contribution in [0.2, 0.25) is 0 Å². The van der Waals surface area contributed by atoms with Crippen LogP contribution in [0.4, 0.5) is 4.79 Å². The highest BCUT2D eigenvalue weighted by Crippen LogP contribution is 2.18. The predicted octanol–water partition coefficient (Wildman–Crippen LogP) is 2.81. The summed E-state index contributed by atoms with van der Waals surface area (Å²) in [7, 11) is 0. The molecule has 0 bridgehead atoms. The Labute approximate surface area is 93.0 Å². The number of hydrogen-bond acceptors (Lipinski definition) is 1. The number of amides is 2. The van der Waals surface area contributed by atoms with Crippen LogP contribution in [0.3, 0.4) is 0 Å². The van der Waals surface area contributed by atoms with Crippen molar-refractivity contribution in [3.8, 4) is 0 Å². The van der Waals surface area contributed by atoms with Crippen molar-refractivity contribution in [2.24, 2.45) is 0 Å². The SMILES string of the molecule is CCCCCC[C@@H](C)NC(=O)NC1CC1. The fraction of sp³-hybridized carbons (Fsp3) is 0.917. The topological polar surface area (TPSA) is 41.1 Å². The minimum atomic E-state index is 0.0143. The van der Waals surface area contributed by atoms with Crippen LogP contribution in [0.5, 0.6) is 0 Å². The molecule has 88 valence electrons. The van der Waals surface area contributed by atoms with Gasteiger partial charge < -0.3 is 10.6 Å². The molecule has 0 spiro atoms. The van der Waals surface area contributed by atoms with Crippen molar-refractivity contribution in [1.29, 1.82) is 0 Å². The number of hydrogen-bond donors (Lipinski definition) is 2. The van der Waals surface area contributed by atoms with Gasteiger partial charge in [0.15, 0.2) is 0 Å². The Kier molecular flexibility index (Phi) is 5.51. The van der Waals surface area contributed by atoms with Crippen molar-refractivity contribution in [2.75, 3.05) is 0 Å². The summed E-state index contributed by atoms with van der Waals surface area (Å²) in [5.41, 5.74) is 0. The Morgan fingerprint density at radius 2 is 2.07 bits per heavy atom. The van der Waals surface area contributed by atoms with Crippen LogP contribution < -0.4 is 10.6 Å². The van der Waals surface area contributed by atoms with E-state index in [0.717, 1.165) is 19.3 Å². The lowest BCUT2D eigenvalue weighted by atomic mass is 10.1. The van der Waals surface area contributed by atoms with Gasteiger partial charge in [-0.25, -0.2) is 4.79 Å². The second-order valence-electron chi connectivity index (χ2n) is 4.64. The average Bonchev–Trinajstić information content (AvgIpc) is 2.96. The van der Waals surface area contributed by atoms with Gasteiger partial charge in [-0.15, -0.1) is 0 Å². The number of carbonyl (C=O) groups excluding carboxylic acids is 1. The van der Waals surface area contributed by atoms with Crippen LogP contribution in [0.25, 0.3) is 0 Å². The lowest BCUT2D eigenvalue weighted by molar-refractivity contribution is 0.236. The van der Waals surface area contributed by atoms with E-state index in [0.29, 0.717) is 12.1 Å². The molecule has 0 aliphatic heterocycles. The van der Waals surface area contributed by atoms with E-state index in [2.05, 4.69) is 24.5 Å². The first-order chi connectivity index (χ1) is 7.22. The third kappa shape index (κ3) is 6.37. The molecule has 0 aromatic heterocycles. The van der Waals surface area contributed by atoms with Gasteiger partial charge >= 0.3 is 6.03 Å². The summed E-state index contributed by atoms with van der Waals surface area (Å²) >= 11 is 0. The maximum absolute atomic E-state index is 11.4. The van der Waals surface area contributed by atoms with E-state index >= 15 is 0 Å². The van der Waals surface area contributed by atoms with Gasteiger partial charge in [0.25, 0.3) is 0 Å². The average molecular weight is 212 g/mol. The molecule has 2 N–H and O–H groups in total.